The Morgan fingerprint density at radius 2 is 1.94 bits per heavy atom. The first kappa shape index (κ1) is 11.0. The quantitative estimate of drug-likeness (QED) is 0.808. The van der Waals surface area contributed by atoms with Crippen molar-refractivity contribution in [1.29, 1.82) is 0 Å². The molecule has 0 aliphatic carbocycles. The van der Waals surface area contributed by atoms with Gasteiger partial charge in [-0.05, 0) is 31.5 Å². The summed E-state index contributed by atoms with van der Waals surface area (Å²) in [5.74, 6) is 0.902. The summed E-state index contributed by atoms with van der Waals surface area (Å²) in [7, 11) is 0. The number of aryl methyl sites for hydroxylation is 1. The molecule has 82 valence electrons. The smallest absolute Gasteiger partial charge is 0.132 e. The molecule has 0 saturated heterocycles. The normalized spacial score (nSPS) is 10.4. The molecule has 0 spiro atoms. The SMILES string of the molecule is Cc1[nH]c(Cc2ccncc2)nc(=S)c1C. The van der Waals surface area contributed by atoms with Gasteiger partial charge in [0.1, 0.15) is 10.5 Å². The van der Waals surface area contributed by atoms with Crippen molar-refractivity contribution in [2.75, 3.05) is 0 Å². The van der Waals surface area contributed by atoms with Gasteiger partial charge in [0.25, 0.3) is 0 Å². The van der Waals surface area contributed by atoms with Gasteiger partial charge in [0.05, 0.1) is 0 Å². The molecule has 0 radical (unpaired) electrons. The molecular weight excluding hydrogens is 218 g/mol. The monoisotopic (exact) mass is 231 g/mol. The Morgan fingerprint density at radius 3 is 2.56 bits per heavy atom. The van der Waals surface area contributed by atoms with Crippen LogP contribution in [0.3, 0.4) is 0 Å². The van der Waals surface area contributed by atoms with Crippen LogP contribution in [-0.4, -0.2) is 15.0 Å². The second kappa shape index (κ2) is 4.53. The number of nitrogens with zero attached hydrogens (tertiary/aromatic N) is 2. The molecule has 2 rings (SSSR count). The van der Waals surface area contributed by atoms with Gasteiger partial charge in [-0.2, -0.15) is 0 Å². The zero-order valence-corrected chi connectivity index (χ0v) is 10.1. The summed E-state index contributed by atoms with van der Waals surface area (Å²) in [6, 6.07) is 3.96. The van der Waals surface area contributed by atoms with Crippen molar-refractivity contribution in [2.45, 2.75) is 20.3 Å². The highest BCUT2D eigenvalue weighted by atomic mass is 32.1. The summed E-state index contributed by atoms with van der Waals surface area (Å²) in [5.41, 5.74) is 3.31. The molecule has 0 fully saturated rings. The predicted octanol–water partition coefficient (Wildman–Crippen LogP) is 2.74. The first-order valence-electron chi connectivity index (χ1n) is 5.12. The summed E-state index contributed by atoms with van der Waals surface area (Å²) in [6.45, 7) is 4.00. The van der Waals surface area contributed by atoms with E-state index in [0.29, 0.717) is 4.64 Å². The van der Waals surface area contributed by atoms with Gasteiger partial charge in [-0.3, -0.25) is 4.98 Å². The Bertz CT molecular complexity index is 546. The summed E-state index contributed by atoms with van der Waals surface area (Å²) in [4.78, 5) is 11.6. The Hall–Kier alpha value is -1.55. The number of H-pyrrole nitrogens is 1. The van der Waals surface area contributed by atoms with Gasteiger partial charge in [0, 0.05) is 30.1 Å². The Balaban J connectivity index is 2.33. The lowest BCUT2D eigenvalue weighted by molar-refractivity contribution is 0.916. The minimum Gasteiger partial charge on any atom is -0.347 e. The lowest BCUT2D eigenvalue weighted by atomic mass is 10.2. The zero-order chi connectivity index (χ0) is 11.5. The highest BCUT2D eigenvalue weighted by molar-refractivity contribution is 7.71. The standard InChI is InChI=1S/C12H13N3S/c1-8-9(2)14-11(15-12(8)16)7-10-3-5-13-6-4-10/h3-6H,7H2,1-2H3,(H,14,15,16). The first-order chi connectivity index (χ1) is 7.66. The maximum Gasteiger partial charge on any atom is 0.132 e. The third-order valence-electron chi connectivity index (χ3n) is 2.57. The number of pyridine rings is 1. The zero-order valence-electron chi connectivity index (χ0n) is 9.32. The maximum absolute atomic E-state index is 5.20. The fourth-order valence-corrected chi connectivity index (χ4v) is 1.75. The molecule has 0 aliphatic heterocycles. The molecular formula is C12H13N3S. The number of nitrogens with one attached hydrogen (secondary N) is 1. The largest absolute Gasteiger partial charge is 0.347 e. The van der Waals surface area contributed by atoms with Crippen molar-refractivity contribution >= 4 is 12.2 Å². The van der Waals surface area contributed by atoms with Crippen LogP contribution in [-0.2, 0) is 6.42 Å². The van der Waals surface area contributed by atoms with Crippen LogP contribution in [0.2, 0.25) is 0 Å². The average Bonchev–Trinajstić information content (AvgIpc) is 2.27. The topological polar surface area (TPSA) is 41.6 Å². The number of hydrogen-bond donors (Lipinski definition) is 1. The summed E-state index contributed by atoms with van der Waals surface area (Å²) < 4.78 is 0.681. The van der Waals surface area contributed by atoms with Crippen LogP contribution >= 0.6 is 12.2 Å². The molecule has 0 aromatic carbocycles. The number of rotatable bonds is 2. The van der Waals surface area contributed by atoms with Gasteiger partial charge >= 0.3 is 0 Å². The van der Waals surface area contributed by atoms with Gasteiger partial charge in [-0.1, -0.05) is 12.2 Å². The average molecular weight is 231 g/mol. The third kappa shape index (κ3) is 2.33. The second-order valence-electron chi connectivity index (χ2n) is 3.77. The maximum atomic E-state index is 5.20. The first-order valence-corrected chi connectivity index (χ1v) is 5.53. The molecule has 0 bridgehead atoms. The van der Waals surface area contributed by atoms with E-state index < -0.39 is 0 Å². The van der Waals surface area contributed by atoms with Crippen LogP contribution in [0.4, 0.5) is 0 Å². The van der Waals surface area contributed by atoms with Gasteiger partial charge < -0.3 is 4.98 Å². The Morgan fingerprint density at radius 1 is 1.25 bits per heavy atom. The van der Waals surface area contributed by atoms with Crippen molar-refractivity contribution < 1.29 is 0 Å². The molecule has 16 heavy (non-hydrogen) atoms. The molecule has 3 nitrogen and oxygen atoms in total. The van der Waals surface area contributed by atoms with Gasteiger partial charge in [-0.15, -0.1) is 0 Å². The van der Waals surface area contributed by atoms with Gasteiger partial charge in [0.15, 0.2) is 0 Å². The minimum absolute atomic E-state index is 0.681. The van der Waals surface area contributed by atoms with Gasteiger partial charge in [-0.25, -0.2) is 4.98 Å². The number of aromatic nitrogens is 3. The van der Waals surface area contributed by atoms with Crippen LogP contribution < -0.4 is 0 Å². The molecule has 0 atom stereocenters. The van der Waals surface area contributed by atoms with Crippen molar-refractivity contribution in [2.24, 2.45) is 0 Å². The van der Waals surface area contributed by atoms with E-state index >= 15 is 0 Å². The molecule has 0 unspecified atom stereocenters. The molecule has 0 amide bonds. The van der Waals surface area contributed by atoms with E-state index in [1.54, 1.807) is 12.4 Å². The number of hydrogen-bond acceptors (Lipinski definition) is 3. The number of aromatic amines is 1. The van der Waals surface area contributed by atoms with Crippen LogP contribution in [0.25, 0.3) is 0 Å². The van der Waals surface area contributed by atoms with Crippen LogP contribution in [0, 0.1) is 18.5 Å². The lowest BCUT2D eigenvalue weighted by Crippen LogP contribution is -2.01. The van der Waals surface area contributed by atoms with Crippen molar-refractivity contribution in [3.05, 3.63) is 51.8 Å². The molecule has 1 N–H and O–H groups in total. The summed E-state index contributed by atoms with van der Waals surface area (Å²) in [6.07, 6.45) is 4.32. The highest BCUT2D eigenvalue weighted by Gasteiger charge is 2.02. The molecule has 0 saturated carbocycles. The second-order valence-corrected chi connectivity index (χ2v) is 4.16. The lowest BCUT2D eigenvalue weighted by Gasteiger charge is -2.05. The van der Waals surface area contributed by atoms with Crippen LogP contribution in [0.5, 0.6) is 0 Å². The van der Waals surface area contributed by atoms with Crippen molar-refractivity contribution in [3.8, 4) is 0 Å². The minimum atomic E-state index is 0.681. The van der Waals surface area contributed by atoms with E-state index in [2.05, 4.69) is 15.0 Å². The Kier molecular flexibility index (Phi) is 3.10. The fraction of sp³-hybridized carbons (Fsp3) is 0.250. The molecule has 2 aromatic heterocycles. The van der Waals surface area contributed by atoms with Crippen LogP contribution in [0.1, 0.15) is 22.6 Å². The van der Waals surface area contributed by atoms with Crippen molar-refractivity contribution in [3.63, 3.8) is 0 Å². The molecule has 2 heterocycles. The van der Waals surface area contributed by atoms with Crippen LogP contribution in [0.15, 0.2) is 24.5 Å². The fourth-order valence-electron chi connectivity index (χ4n) is 1.48. The van der Waals surface area contributed by atoms with E-state index in [-0.39, 0.29) is 0 Å². The van der Waals surface area contributed by atoms with E-state index in [9.17, 15) is 0 Å². The van der Waals surface area contributed by atoms with E-state index in [1.807, 2.05) is 26.0 Å². The van der Waals surface area contributed by atoms with E-state index in [4.69, 9.17) is 12.2 Å². The third-order valence-corrected chi connectivity index (χ3v) is 2.97. The van der Waals surface area contributed by atoms with Crippen molar-refractivity contribution in [1.82, 2.24) is 15.0 Å². The predicted molar refractivity (Wildman–Crippen MR) is 65.9 cm³/mol. The summed E-state index contributed by atoms with van der Waals surface area (Å²) >= 11 is 5.20. The van der Waals surface area contributed by atoms with E-state index in [0.717, 1.165) is 23.5 Å². The highest BCUT2D eigenvalue weighted by Crippen LogP contribution is 2.08. The van der Waals surface area contributed by atoms with Gasteiger partial charge in [0.2, 0.25) is 0 Å². The molecule has 0 aliphatic rings. The Labute approximate surface area is 99.6 Å². The summed E-state index contributed by atoms with van der Waals surface area (Å²) in [5, 5.41) is 0. The molecule has 4 heteroatoms. The molecule has 2 aromatic rings. The van der Waals surface area contributed by atoms with E-state index in [1.165, 1.54) is 5.56 Å².